The molecule has 0 aliphatic carbocycles. The zero-order valence-corrected chi connectivity index (χ0v) is 11.6. The smallest absolute Gasteiger partial charge is 0.242 e. The van der Waals surface area contributed by atoms with Gasteiger partial charge in [-0.05, 0) is 51.5 Å². The molecule has 2 aliphatic heterocycles. The summed E-state index contributed by atoms with van der Waals surface area (Å²) in [6.45, 7) is 6.52. The van der Waals surface area contributed by atoms with Crippen LogP contribution in [-0.2, 0) is 4.79 Å². The fourth-order valence-corrected chi connectivity index (χ4v) is 3.33. The first kappa shape index (κ1) is 13.8. The second-order valence-corrected chi connectivity index (χ2v) is 5.84. The highest BCUT2D eigenvalue weighted by molar-refractivity contribution is 5.86. The number of aliphatic hydroxyl groups excluding tert-OH is 1. The van der Waals surface area contributed by atoms with E-state index in [1.165, 1.54) is 0 Å². The second kappa shape index (κ2) is 5.57. The first-order valence-electron chi connectivity index (χ1n) is 7.31. The van der Waals surface area contributed by atoms with Crippen LogP contribution >= 0.6 is 0 Å². The summed E-state index contributed by atoms with van der Waals surface area (Å²) >= 11 is 0. The van der Waals surface area contributed by atoms with Gasteiger partial charge in [-0.1, -0.05) is 6.92 Å². The standard InChI is InChI=1S/C14H26N2O2/c1-3-14(7-4-8-15-14)13(18)16-9-5-12(6-10-16)11(2)17/h11-12,15,17H,3-10H2,1-2H3. The van der Waals surface area contributed by atoms with Crippen molar-refractivity contribution < 1.29 is 9.90 Å². The molecule has 2 saturated heterocycles. The zero-order chi connectivity index (χ0) is 13.2. The van der Waals surface area contributed by atoms with E-state index in [2.05, 4.69) is 12.2 Å². The van der Waals surface area contributed by atoms with E-state index < -0.39 is 0 Å². The summed E-state index contributed by atoms with van der Waals surface area (Å²) in [6, 6.07) is 0. The summed E-state index contributed by atoms with van der Waals surface area (Å²) in [5.41, 5.74) is -0.294. The van der Waals surface area contributed by atoms with E-state index in [0.29, 0.717) is 5.92 Å². The molecule has 0 aromatic rings. The summed E-state index contributed by atoms with van der Waals surface area (Å²) in [5, 5.41) is 13.0. The van der Waals surface area contributed by atoms with E-state index in [9.17, 15) is 9.90 Å². The highest BCUT2D eigenvalue weighted by Crippen LogP contribution is 2.28. The molecule has 0 radical (unpaired) electrons. The quantitative estimate of drug-likeness (QED) is 0.794. The number of piperidine rings is 1. The number of rotatable bonds is 3. The van der Waals surface area contributed by atoms with E-state index in [0.717, 1.165) is 51.7 Å². The van der Waals surface area contributed by atoms with Gasteiger partial charge in [0, 0.05) is 13.1 Å². The number of hydrogen-bond acceptors (Lipinski definition) is 3. The molecule has 2 atom stereocenters. The molecule has 2 heterocycles. The van der Waals surface area contributed by atoms with E-state index >= 15 is 0 Å². The van der Waals surface area contributed by atoms with Crippen molar-refractivity contribution in [1.29, 1.82) is 0 Å². The Labute approximate surface area is 110 Å². The van der Waals surface area contributed by atoms with Crippen molar-refractivity contribution in [1.82, 2.24) is 10.2 Å². The van der Waals surface area contributed by atoms with Crippen molar-refractivity contribution in [2.45, 2.75) is 57.6 Å². The molecule has 2 N–H and O–H groups in total. The highest BCUT2D eigenvalue weighted by atomic mass is 16.3. The third kappa shape index (κ3) is 2.54. The first-order chi connectivity index (χ1) is 8.59. The molecule has 2 fully saturated rings. The van der Waals surface area contributed by atoms with Crippen LogP contribution in [0.25, 0.3) is 0 Å². The fourth-order valence-electron chi connectivity index (χ4n) is 3.33. The summed E-state index contributed by atoms with van der Waals surface area (Å²) in [7, 11) is 0. The van der Waals surface area contributed by atoms with Gasteiger partial charge in [-0.15, -0.1) is 0 Å². The summed E-state index contributed by atoms with van der Waals surface area (Å²) in [4.78, 5) is 14.6. The number of nitrogens with one attached hydrogen (secondary N) is 1. The Kier molecular flexibility index (Phi) is 4.28. The van der Waals surface area contributed by atoms with Crippen molar-refractivity contribution in [2.24, 2.45) is 5.92 Å². The number of nitrogens with zero attached hydrogens (tertiary/aromatic N) is 1. The highest BCUT2D eigenvalue weighted by Gasteiger charge is 2.42. The lowest BCUT2D eigenvalue weighted by Gasteiger charge is -2.38. The van der Waals surface area contributed by atoms with Crippen LogP contribution < -0.4 is 5.32 Å². The minimum absolute atomic E-state index is 0.244. The predicted molar refractivity (Wildman–Crippen MR) is 71.2 cm³/mol. The molecule has 0 bridgehead atoms. The number of carbonyl (C=O) groups excluding carboxylic acids is 1. The molecule has 0 aromatic carbocycles. The first-order valence-corrected chi connectivity index (χ1v) is 7.31. The lowest BCUT2D eigenvalue weighted by Crippen LogP contribution is -2.56. The number of likely N-dealkylation sites (tertiary alicyclic amines) is 1. The van der Waals surface area contributed by atoms with Crippen LogP contribution in [0.5, 0.6) is 0 Å². The van der Waals surface area contributed by atoms with Gasteiger partial charge in [0.1, 0.15) is 0 Å². The average Bonchev–Trinajstić information content (AvgIpc) is 2.88. The Morgan fingerprint density at radius 2 is 2.17 bits per heavy atom. The van der Waals surface area contributed by atoms with Gasteiger partial charge < -0.3 is 15.3 Å². The normalized spacial score (nSPS) is 31.6. The molecule has 2 unspecified atom stereocenters. The van der Waals surface area contributed by atoms with Gasteiger partial charge in [-0.3, -0.25) is 4.79 Å². The SMILES string of the molecule is CCC1(C(=O)N2CCC(C(C)O)CC2)CCCN1. The minimum Gasteiger partial charge on any atom is -0.393 e. The molecule has 104 valence electrons. The van der Waals surface area contributed by atoms with Crippen molar-refractivity contribution >= 4 is 5.91 Å². The van der Waals surface area contributed by atoms with Crippen molar-refractivity contribution in [2.75, 3.05) is 19.6 Å². The van der Waals surface area contributed by atoms with E-state index in [-0.39, 0.29) is 17.6 Å². The van der Waals surface area contributed by atoms with Crippen LogP contribution in [0.15, 0.2) is 0 Å². The third-order valence-corrected chi connectivity index (χ3v) is 4.77. The molecule has 4 nitrogen and oxygen atoms in total. The molecule has 1 amide bonds. The summed E-state index contributed by atoms with van der Waals surface area (Å²) < 4.78 is 0. The molecular weight excluding hydrogens is 228 g/mol. The number of carbonyl (C=O) groups is 1. The van der Waals surface area contributed by atoms with Crippen molar-refractivity contribution in [3.05, 3.63) is 0 Å². The maximum Gasteiger partial charge on any atom is 0.242 e. The topological polar surface area (TPSA) is 52.6 Å². The Hall–Kier alpha value is -0.610. The van der Waals surface area contributed by atoms with Gasteiger partial charge in [0.25, 0.3) is 0 Å². The number of aliphatic hydroxyl groups is 1. The van der Waals surface area contributed by atoms with Crippen LogP contribution in [0.3, 0.4) is 0 Å². The van der Waals surface area contributed by atoms with Gasteiger partial charge in [-0.25, -0.2) is 0 Å². The van der Waals surface area contributed by atoms with Crippen LogP contribution in [0, 0.1) is 5.92 Å². The van der Waals surface area contributed by atoms with Gasteiger partial charge in [0.05, 0.1) is 11.6 Å². The maximum atomic E-state index is 12.6. The molecule has 18 heavy (non-hydrogen) atoms. The second-order valence-electron chi connectivity index (χ2n) is 5.84. The zero-order valence-electron chi connectivity index (χ0n) is 11.6. The molecule has 0 spiro atoms. The summed E-state index contributed by atoms with van der Waals surface area (Å²) in [6.07, 6.45) is 4.57. The van der Waals surface area contributed by atoms with Gasteiger partial charge >= 0.3 is 0 Å². The van der Waals surface area contributed by atoms with Crippen LogP contribution in [0.1, 0.15) is 46.0 Å². The maximum absolute atomic E-state index is 12.6. The molecule has 2 aliphatic rings. The number of hydrogen-bond donors (Lipinski definition) is 2. The van der Waals surface area contributed by atoms with Crippen LogP contribution in [0.2, 0.25) is 0 Å². The third-order valence-electron chi connectivity index (χ3n) is 4.77. The Balaban J connectivity index is 1.94. The monoisotopic (exact) mass is 254 g/mol. The van der Waals surface area contributed by atoms with E-state index in [1.54, 1.807) is 0 Å². The number of amides is 1. The molecular formula is C14H26N2O2. The van der Waals surface area contributed by atoms with Gasteiger partial charge in [0.2, 0.25) is 5.91 Å². The lowest BCUT2D eigenvalue weighted by atomic mass is 9.88. The van der Waals surface area contributed by atoms with Crippen molar-refractivity contribution in [3.63, 3.8) is 0 Å². The minimum atomic E-state index is -0.294. The fraction of sp³-hybridized carbons (Fsp3) is 0.929. The Bertz CT molecular complexity index is 290. The molecule has 4 heteroatoms. The van der Waals surface area contributed by atoms with Crippen LogP contribution in [-0.4, -0.2) is 47.2 Å². The lowest BCUT2D eigenvalue weighted by molar-refractivity contribution is -0.140. The average molecular weight is 254 g/mol. The van der Waals surface area contributed by atoms with E-state index in [1.807, 2.05) is 11.8 Å². The molecule has 0 aromatic heterocycles. The van der Waals surface area contributed by atoms with Gasteiger partial charge in [-0.2, -0.15) is 0 Å². The molecule has 2 rings (SSSR count). The largest absolute Gasteiger partial charge is 0.393 e. The Morgan fingerprint density at radius 3 is 2.61 bits per heavy atom. The van der Waals surface area contributed by atoms with Gasteiger partial charge in [0.15, 0.2) is 0 Å². The summed E-state index contributed by atoms with van der Waals surface area (Å²) in [5.74, 6) is 0.648. The van der Waals surface area contributed by atoms with Crippen molar-refractivity contribution in [3.8, 4) is 0 Å². The Morgan fingerprint density at radius 1 is 1.50 bits per heavy atom. The predicted octanol–water partition coefficient (Wildman–Crippen LogP) is 1.14. The van der Waals surface area contributed by atoms with E-state index in [4.69, 9.17) is 0 Å². The van der Waals surface area contributed by atoms with Crippen LogP contribution in [0.4, 0.5) is 0 Å². The molecule has 0 saturated carbocycles.